The molecule has 0 spiro atoms. The second kappa shape index (κ2) is 13.1. The van der Waals surface area contributed by atoms with E-state index in [1.807, 2.05) is 50.3 Å². The first kappa shape index (κ1) is 27.3. The van der Waals surface area contributed by atoms with E-state index in [-0.39, 0.29) is 6.54 Å². The Morgan fingerprint density at radius 3 is 2.44 bits per heavy atom. The number of aliphatic hydroxyl groups excluding tert-OH is 1. The van der Waals surface area contributed by atoms with E-state index in [2.05, 4.69) is 30.4 Å². The minimum atomic E-state index is -1.14. The van der Waals surface area contributed by atoms with Crippen molar-refractivity contribution in [2.24, 2.45) is 0 Å². The molecule has 7 heteroatoms. The number of benzene rings is 3. The highest BCUT2D eigenvalue weighted by Gasteiger charge is 2.18. The summed E-state index contributed by atoms with van der Waals surface area (Å²) < 4.78 is 12.1. The maximum atomic E-state index is 11.3. The van der Waals surface area contributed by atoms with Gasteiger partial charge in [-0.05, 0) is 55.2 Å². The molecule has 3 aromatic rings. The average Bonchev–Trinajstić information content (AvgIpc) is 2.85. The maximum absolute atomic E-state index is 11.3. The van der Waals surface area contributed by atoms with Gasteiger partial charge in [-0.15, -0.1) is 0 Å². The van der Waals surface area contributed by atoms with Crippen molar-refractivity contribution < 1.29 is 24.5 Å². The standard InChI is InChI=1S/C29H32ClNO5/c1-19(2)12-13-35-27-15-28(25(30)14-23(27)16-31-26(17-32)29(33)34)36-18-22-10-7-11-24(20(22)3)21-8-5-4-6-9-21/h4-12,14-15,26,31-32H,13,16-18H2,1-3H3,(H,33,34). The van der Waals surface area contributed by atoms with Crippen LogP contribution in [0.15, 0.2) is 72.3 Å². The average molecular weight is 510 g/mol. The zero-order valence-electron chi connectivity index (χ0n) is 20.8. The van der Waals surface area contributed by atoms with Gasteiger partial charge in [-0.3, -0.25) is 10.1 Å². The van der Waals surface area contributed by atoms with E-state index in [1.54, 1.807) is 12.1 Å². The first-order valence-corrected chi connectivity index (χ1v) is 12.1. The van der Waals surface area contributed by atoms with Gasteiger partial charge < -0.3 is 19.7 Å². The van der Waals surface area contributed by atoms with Crippen LogP contribution >= 0.6 is 11.6 Å². The summed E-state index contributed by atoms with van der Waals surface area (Å²) >= 11 is 6.54. The summed E-state index contributed by atoms with van der Waals surface area (Å²) in [6, 6.07) is 18.7. The van der Waals surface area contributed by atoms with Crippen LogP contribution < -0.4 is 14.8 Å². The lowest BCUT2D eigenvalue weighted by atomic mass is 9.97. The van der Waals surface area contributed by atoms with Crippen LogP contribution in [0.25, 0.3) is 11.1 Å². The molecule has 3 rings (SSSR count). The minimum Gasteiger partial charge on any atom is -0.489 e. The number of carbonyl (C=O) groups is 1. The number of carboxylic acids is 1. The number of nitrogens with one attached hydrogen (secondary N) is 1. The predicted molar refractivity (Wildman–Crippen MR) is 143 cm³/mol. The number of halogens is 1. The topological polar surface area (TPSA) is 88.0 Å². The number of aliphatic hydroxyl groups is 1. The minimum absolute atomic E-state index is 0.153. The fraction of sp³-hybridized carbons (Fsp3) is 0.276. The van der Waals surface area contributed by atoms with E-state index in [4.69, 9.17) is 21.1 Å². The number of carboxylic acid groups (broad SMARTS) is 1. The Balaban J connectivity index is 1.83. The van der Waals surface area contributed by atoms with Gasteiger partial charge >= 0.3 is 5.97 Å². The van der Waals surface area contributed by atoms with E-state index in [9.17, 15) is 15.0 Å². The van der Waals surface area contributed by atoms with Gasteiger partial charge in [0.05, 0.1) is 11.6 Å². The molecule has 6 nitrogen and oxygen atoms in total. The van der Waals surface area contributed by atoms with Gasteiger partial charge in [0.15, 0.2) is 0 Å². The zero-order valence-corrected chi connectivity index (χ0v) is 21.5. The van der Waals surface area contributed by atoms with Gasteiger partial charge in [0, 0.05) is 18.2 Å². The molecule has 0 aliphatic heterocycles. The number of rotatable bonds is 12. The summed E-state index contributed by atoms with van der Waals surface area (Å²) in [6.45, 7) is 6.32. The molecule has 0 aromatic heterocycles. The smallest absolute Gasteiger partial charge is 0.323 e. The molecule has 1 unspecified atom stereocenters. The summed E-state index contributed by atoms with van der Waals surface area (Å²) in [6.07, 6.45) is 1.94. The highest BCUT2D eigenvalue weighted by molar-refractivity contribution is 6.32. The lowest BCUT2D eigenvalue weighted by Crippen LogP contribution is -2.39. The van der Waals surface area contributed by atoms with Crippen LogP contribution in [0.2, 0.25) is 5.02 Å². The molecule has 0 saturated heterocycles. The normalized spacial score (nSPS) is 11.6. The molecule has 0 amide bonds. The number of hydrogen-bond donors (Lipinski definition) is 3. The molecular formula is C29H32ClNO5. The molecule has 0 heterocycles. The van der Waals surface area contributed by atoms with Gasteiger partial charge in [-0.25, -0.2) is 0 Å². The van der Waals surface area contributed by atoms with Crippen molar-refractivity contribution in [3.8, 4) is 22.6 Å². The third kappa shape index (κ3) is 7.34. The quantitative estimate of drug-likeness (QED) is 0.268. The van der Waals surface area contributed by atoms with E-state index in [0.717, 1.165) is 27.8 Å². The van der Waals surface area contributed by atoms with E-state index >= 15 is 0 Å². The highest BCUT2D eigenvalue weighted by Crippen LogP contribution is 2.34. The Kier molecular flexibility index (Phi) is 9.94. The van der Waals surface area contributed by atoms with Crippen LogP contribution in [-0.4, -0.2) is 35.4 Å². The molecule has 0 saturated carbocycles. The molecule has 0 aliphatic rings. The fourth-order valence-corrected chi connectivity index (χ4v) is 3.89. The second-order valence-electron chi connectivity index (χ2n) is 8.68. The van der Waals surface area contributed by atoms with Crippen molar-refractivity contribution in [3.05, 3.63) is 94.0 Å². The Bertz CT molecular complexity index is 1210. The van der Waals surface area contributed by atoms with Crippen LogP contribution in [-0.2, 0) is 17.9 Å². The van der Waals surface area contributed by atoms with Crippen LogP contribution in [0.5, 0.6) is 11.5 Å². The third-order valence-electron chi connectivity index (χ3n) is 5.78. The maximum Gasteiger partial charge on any atom is 0.323 e. The molecular weight excluding hydrogens is 478 g/mol. The Morgan fingerprint density at radius 1 is 1.03 bits per heavy atom. The molecule has 0 fully saturated rings. The van der Waals surface area contributed by atoms with Gasteiger partial charge in [0.2, 0.25) is 0 Å². The summed E-state index contributed by atoms with van der Waals surface area (Å²) in [5, 5.41) is 21.7. The van der Waals surface area contributed by atoms with Gasteiger partial charge in [-0.1, -0.05) is 65.7 Å². The monoisotopic (exact) mass is 509 g/mol. The van der Waals surface area contributed by atoms with Crippen molar-refractivity contribution in [2.75, 3.05) is 13.2 Å². The highest BCUT2D eigenvalue weighted by atomic mass is 35.5. The van der Waals surface area contributed by atoms with Crippen LogP contribution in [0.3, 0.4) is 0 Å². The Labute approximate surface area is 217 Å². The summed E-state index contributed by atoms with van der Waals surface area (Å²) in [7, 11) is 0. The summed E-state index contributed by atoms with van der Waals surface area (Å²) in [5.41, 5.74) is 6.23. The molecule has 3 aromatic carbocycles. The van der Waals surface area contributed by atoms with Crippen LogP contribution in [0.1, 0.15) is 30.5 Å². The van der Waals surface area contributed by atoms with E-state index < -0.39 is 18.6 Å². The molecule has 190 valence electrons. The third-order valence-corrected chi connectivity index (χ3v) is 6.07. The lowest BCUT2D eigenvalue weighted by Gasteiger charge is -2.18. The SMILES string of the molecule is CC(C)=CCOc1cc(OCc2cccc(-c3ccccc3)c2C)c(Cl)cc1CNC(CO)C(=O)O. The first-order valence-electron chi connectivity index (χ1n) is 11.7. The fourth-order valence-electron chi connectivity index (χ4n) is 3.65. The number of aliphatic carboxylic acids is 1. The molecule has 36 heavy (non-hydrogen) atoms. The zero-order chi connectivity index (χ0) is 26.1. The van der Waals surface area contributed by atoms with E-state index in [0.29, 0.717) is 35.3 Å². The Morgan fingerprint density at radius 2 is 1.78 bits per heavy atom. The molecule has 1 atom stereocenters. The van der Waals surface area contributed by atoms with Gasteiger partial charge in [0.1, 0.15) is 30.8 Å². The summed E-state index contributed by atoms with van der Waals surface area (Å²) in [4.78, 5) is 11.3. The van der Waals surface area contributed by atoms with Crippen LogP contribution in [0.4, 0.5) is 0 Å². The van der Waals surface area contributed by atoms with Crippen molar-refractivity contribution in [1.29, 1.82) is 0 Å². The summed E-state index contributed by atoms with van der Waals surface area (Å²) in [5.74, 6) is -0.144. The largest absolute Gasteiger partial charge is 0.489 e. The molecule has 3 N–H and O–H groups in total. The van der Waals surface area contributed by atoms with Gasteiger partial charge in [-0.2, -0.15) is 0 Å². The number of allylic oxidation sites excluding steroid dienone is 1. The van der Waals surface area contributed by atoms with Crippen molar-refractivity contribution in [1.82, 2.24) is 5.32 Å². The van der Waals surface area contributed by atoms with E-state index in [1.165, 1.54) is 0 Å². The predicted octanol–water partition coefficient (Wildman–Crippen LogP) is 5.77. The molecule has 0 aliphatic carbocycles. The first-order chi connectivity index (χ1) is 17.3. The number of hydrogen-bond acceptors (Lipinski definition) is 5. The molecule has 0 bridgehead atoms. The van der Waals surface area contributed by atoms with Gasteiger partial charge in [0.25, 0.3) is 0 Å². The van der Waals surface area contributed by atoms with Crippen molar-refractivity contribution in [3.63, 3.8) is 0 Å². The Hall–Kier alpha value is -3.32. The molecule has 0 radical (unpaired) electrons. The van der Waals surface area contributed by atoms with Crippen molar-refractivity contribution >= 4 is 17.6 Å². The lowest BCUT2D eigenvalue weighted by molar-refractivity contribution is -0.140. The number of ether oxygens (including phenoxy) is 2. The second-order valence-corrected chi connectivity index (χ2v) is 9.09. The van der Waals surface area contributed by atoms with Crippen LogP contribution in [0, 0.1) is 6.92 Å². The van der Waals surface area contributed by atoms with Crippen molar-refractivity contribution in [2.45, 2.75) is 40.0 Å².